The van der Waals surface area contributed by atoms with Crippen molar-refractivity contribution >= 4 is 15.9 Å². The first-order chi connectivity index (χ1) is 5.75. The van der Waals surface area contributed by atoms with Crippen LogP contribution in [0.3, 0.4) is 0 Å². The number of nitrogens with one attached hydrogen (secondary N) is 1. The molecule has 1 rings (SSSR count). The maximum atomic E-state index is 4.29. The minimum atomic E-state index is 0.311. The van der Waals surface area contributed by atoms with Crippen LogP contribution >= 0.6 is 15.9 Å². The highest BCUT2D eigenvalue weighted by Crippen LogP contribution is 2.19. The predicted molar refractivity (Wildman–Crippen MR) is 54.0 cm³/mol. The van der Waals surface area contributed by atoms with E-state index in [1.54, 1.807) is 0 Å². The average molecular weight is 229 g/mol. The van der Waals surface area contributed by atoms with Gasteiger partial charge in [-0.25, -0.2) is 0 Å². The largest absolute Gasteiger partial charge is 0.309 e. The van der Waals surface area contributed by atoms with E-state index in [2.05, 4.69) is 40.1 Å². The molecule has 0 fully saturated rings. The molecule has 0 aliphatic heterocycles. The second-order valence-electron chi connectivity index (χ2n) is 2.65. The fraction of sp³-hybridized carbons (Fsp3) is 0.444. The van der Waals surface area contributed by atoms with Crippen molar-refractivity contribution in [1.82, 2.24) is 10.3 Å². The molecule has 0 amide bonds. The molecule has 0 saturated heterocycles. The van der Waals surface area contributed by atoms with Crippen LogP contribution in [0, 0.1) is 0 Å². The van der Waals surface area contributed by atoms with Crippen LogP contribution < -0.4 is 5.32 Å². The molecule has 12 heavy (non-hydrogen) atoms. The lowest BCUT2D eigenvalue weighted by atomic mass is 10.2. The summed E-state index contributed by atoms with van der Waals surface area (Å²) in [6, 6.07) is 4.24. The Labute approximate surface area is 81.5 Å². The Morgan fingerprint density at radius 2 is 2.42 bits per heavy atom. The maximum absolute atomic E-state index is 4.29. The zero-order valence-corrected chi connectivity index (χ0v) is 8.93. The van der Waals surface area contributed by atoms with Crippen LogP contribution in [0.2, 0.25) is 0 Å². The molecule has 0 aromatic carbocycles. The second kappa shape index (κ2) is 4.58. The first kappa shape index (κ1) is 9.68. The average Bonchev–Trinajstić information content (AvgIpc) is 2.05. The number of halogens is 1. The van der Waals surface area contributed by atoms with Crippen LogP contribution in [0.15, 0.2) is 22.8 Å². The number of pyridine rings is 1. The normalized spacial score (nSPS) is 12.9. The standard InChI is InChI=1S/C9H13BrN2/c1-3-11-7(2)9-8(10)5-4-6-12-9/h4-7,11H,3H2,1-2H3. The fourth-order valence-electron chi connectivity index (χ4n) is 1.12. The summed E-state index contributed by atoms with van der Waals surface area (Å²) in [7, 11) is 0. The number of hydrogen-bond donors (Lipinski definition) is 1. The monoisotopic (exact) mass is 228 g/mol. The summed E-state index contributed by atoms with van der Waals surface area (Å²) in [5, 5.41) is 3.31. The van der Waals surface area contributed by atoms with E-state index in [-0.39, 0.29) is 0 Å². The van der Waals surface area contributed by atoms with Gasteiger partial charge in [-0.1, -0.05) is 6.92 Å². The van der Waals surface area contributed by atoms with Crippen molar-refractivity contribution < 1.29 is 0 Å². The highest BCUT2D eigenvalue weighted by molar-refractivity contribution is 9.10. The van der Waals surface area contributed by atoms with Gasteiger partial charge in [0.2, 0.25) is 0 Å². The lowest BCUT2D eigenvalue weighted by molar-refractivity contribution is 0.581. The number of aromatic nitrogens is 1. The van der Waals surface area contributed by atoms with Gasteiger partial charge in [0.15, 0.2) is 0 Å². The molecular weight excluding hydrogens is 216 g/mol. The summed E-state index contributed by atoms with van der Waals surface area (Å²) < 4.78 is 1.07. The van der Waals surface area contributed by atoms with E-state index in [1.807, 2.05) is 18.3 Å². The summed E-state index contributed by atoms with van der Waals surface area (Å²) >= 11 is 3.46. The van der Waals surface area contributed by atoms with Crippen molar-refractivity contribution in [2.75, 3.05) is 6.54 Å². The van der Waals surface area contributed by atoms with Gasteiger partial charge >= 0.3 is 0 Å². The van der Waals surface area contributed by atoms with E-state index in [1.165, 1.54) is 0 Å². The van der Waals surface area contributed by atoms with Gasteiger partial charge in [0, 0.05) is 16.7 Å². The van der Waals surface area contributed by atoms with E-state index in [9.17, 15) is 0 Å². The van der Waals surface area contributed by atoms with Crippen LogP contribution in [-0.4, -0.2) is 11.5 Å². The van der Waals surface area contributed by atoms with E-state index in [0.717, 1.165) is 16.7 Å². The van der Waals surface area contributed by atoms with Crippen molar-refractivity contribution in [3.05, 3.63) is 28.5 Å². The third kappa shape index (κ3) is 2.29. The van der Waals surface area contributed by atoms with E-state index in [4.69, 9.17) is 0 Å². The Morgan fingerprint density at radius 1 is 1.67 bits per heavy atom. The van der Waals surface area contributed by atoms with Gasteiger partial charge in [0.25, 0.3) is 0 Å². The zero-order valence-electron chi connectivity index (χ0n) is 7.34. The van der Waals surface area contributed by atoms with E-state index < -0.39 is 0 Å². The minimum absolute atomic E-state index is 0.311. The number of rotatable bonds is 3. The molecule has 0 bridgehead atoms. The molecule has 1 N–H and O–H groups in total. The van der Waals surface area contributed by atoms with E-state index >= 15 is 0 Å². The molecule has 66 valence electrons. The van der Waals surface area contributed by atoms with E-state index in [0.29, 0.717) is 6.04 Å². The maximum Gasteiger partial charge on any atom is 0.0711 e. The zero-order chi connectivity index (χ0) is 8.97. The van der Waals surface area contributed by atoms with Crippen LogP contribution in [0.5, 0.6) is 0 Å². The molecule has 0 radical (unpaired) electrons. The minimum Gasteiger partial charge on any atom is -0.309 e. The molecule has 0 spiro atoms. The number of hydrogen-bond acceptors (Lipinski definition) is 2. The van der Waals surface area contributed by atoms with Crippen LogP contribution in [0.1, 0.15) is 25.6 Å². The van der Waals surface area contributed by atoms with Crippen LogP contribution in [0.25, 0.3) is 0 Å². The molecule has 0 aliphatic rings. The topological polar surface area (TPSA) is 24.9 Å². The summed E-state index contributed by atoms with van der Waals surface area (Å²) in [5.74, 6) is 0. The third-order valence-electron chi connectivity index (χ3n) is 1.71. The number of nitrogens with zero attached hydrogens (tertiary/aromatic N) is 1. The van der Waals surface area contributed by atoms with Crippen molar-refractivity contribution in [3.63, 3.8) is 0 Å². The van der Waals surface area contributed by atoms with Crippen molar-refractivity contribution in [2.45, 2.75) is 19.9 Å². The van der Waals surface area contributed by atoms with Crippen molar-refractivity contribution in [1.29, 1.82) is 0 Å². The fourth-order valence-corrected chi connectivity index (χ4v) is 1.72. The molecule has 1 unspecified atom stereocenters. The molecule has 3 heteroatoms. The SMILES string of the molecule is CCNC(C)c1ncccc1Br. The van der Waals surface area contributed by atoms with Crippen LogP contribution in [0.4, 0.5) is 0 Å². The third-order valence-corrected chi connectivity index (χ3v) is 2.38. The van der Waals surface area contributed by atoms with Gasteiger partial charge in [-0.05, 0) is 41.5 Å². The van der Waals surface area contributed by atoms with Gasteiger partial charge in [0.1, 0.15) is 0 Å². The molecule has 1 aromatic rings. The Morgan fingerprint density at radius 3 is 3.00 bits per heavy atom. The Hall–Kier alpha value is -0.410. The first-order valence-corrected chi connectivity index (χ1v) is 4.88. The highest BCUT2D eigenvalue weighted by Gasteiger charge is 2.07. The smallest absolute Gasteiger partial charge is 0.0711 e. The van der Waals surface area contributed by atoms with Gasteiger partial charge in [-0.15, -0.1) is 0 Å². The van der Waals surface area contributed by atoms with Gasteiger partial charge in [-0.2, -0.15) is 0 Å². The molecule has 1 heterocycles. The molecule has 0 aliphatic carbocycles. The molecule has 1 atom stereocenters. The van der Waals surface area contributed by atoms with Gasteiger partial charge in [-0.3, -0.25) is 4.98 Å². The highest BCUT2D eigenvalue weighted by atomic mass is 79.9. The van der Waals surface area contributed by atoms with Crippen molar-refractivity contribution in [3.8, 4) is 0 Å². The summed E-state index contributed by atoms with van der Waals surface area (Å²) in [6.07, 6.45) is 1.81. The molecular formula is C9H13BrN2. The lowest BCUT2D eigenvalue weighted by Gasteiger charge is -2.12. The van der Waals surface area contributed by atoms with Crippen LogP contribution in [-0.2, 0) is 0 Å². The van der Waals surface area contributed by atoms with Crippen molar-refractivity contribution in [2.24, 2.45) is 0 Å². The summed E-state index contributed by atoms with van der Waals surface area (Å²) in [5.41, 5.74) is 1.07. The molecule has 1 aromatic heterocycles. The van der Waals surface area contributed by atoms with Gasteiger partial charge in [0.05, 0.1) is 5.69 Å². The Kier molecular flexibility index (Phi) is 3.69. The predicted octanol–water partition coefficient (Wildman–Crippen LogP) is 2.51. The lowest BCUT2D eigenvalue weighted by Crippen LogP contribution is -2.19. The van der Waals surface area contributed by atoms with Gasteiger partial charge < -0.3 is 5.32 Å². The Bertz CT molecular complexity index is 250. The summed E-state index contributed by atoms with van der Waals surface area (Å²) in [4.78, 5) is 4.29. The quantitative estimate of drug-likeness (QED) is 0.861. The summed E-state index contributed by atoms with van der Waals surface area (Å²) in [6.45, 7) is 5.16. The second-order valence-corrected chi connectivity index (χ2v) is 3.50. The molecule has 2 nitrogen and oxygen atoms in total. The molecule has 0 saturated carbocycles. The first-order valence-electron chi connectivity index (χ1n) is 4.09. The Balaban J connectivity index is 2.79.